The third-order valence-electron chi connectivity index (χ3n) is 4.25. The first-order valence-corrected chi connectivity index (χ1v) is 6.60. The van der Waals surface area contributed by atoms with Gasteiger partial charge in [0.15, 0.2) is 5.75 Å². The van der Waals surface area contributed by atoms with E-state index in [1.807, 2.05) is 6.07 Å². The molecule has 1 N–H and O–H groups in total. The Hall–Kier alpha value is -2.08. The SMILES string of the molecule is COc1ccc2c3c([nH]c2c1[N+](=O)[O-])[C@H](C)N(C)CC3. The van der Waals surface area contributed by atoms with Crippen LogP contribution >= 0.6 is 0 Å². The van der Waals surface area contributed by atoms with Crippen LogP contribution in [0.25, 0.3) is 10.9 Å². The number of aromatic nitrogens is 1. The first-order valence-electron chi connectivity index (χ1n) is 6.60. The van der Waals surface area contributed by atoms with Crippen molar-refractivity contribution in [2.45, 2.75) is 19.4 Å². The van der Waals surface area contributed by atoms with Crippen molar-refractivity contribution in [3.8, 4) is 5.75 Å². The number of fused-ring (bicyclic) bond motifs is 3. The number of hydrogen-bond donors (Lipinski definition) is 1. The number of likely N-dealkylation sites (N-methyl/N-ethyl adjacent to an activating group) is 1. The second-order valence-corrected chi connectivity index (χ2v) is 5.22. The minimum Gasteiger partial charge on any atom is -0.490 e. The summed E-state index contributed by atoms with van der Waals surface area (Å²) in [6, 6.07) is 3.82. The molecule has 1 aliphatic rings. The average molecular weight is 275 g/mol. The average Bonchev–Trinajstić information content (AvgIpc) is 2.80. The summed E-state index contributed by atoms with van der Waals surface area (Å²) < 4.78 is 5.12. The third-order valence-corrected chi connectivity index (χ3v) is 4.25. The van der Waals surface area contributed by atoms with E-state index >= 15 is 0 Å². The number of ether oxygens (including phenoxy) is 1. The summed E-state index contributed by atoms with van der Waals surface area (Å²) in [5.74, 6) is 0.294. The number of nitro benzene ring substituents is 1. The van der Waals surface area contributed by atoms with E-state index < -0.39 is 0 Å². The topological polar surface area (TPSA) is 71.4 Å². The van der Waals surface area contributed by atoms with Gasteiger partial charge in [-0.15, -0.1) is 0 Å². The highest BCUT2D eigenvalue weighted by Crippen LogP contribution is 2.40. The lowest BCUT2D eigenvalue weighted by molar-refractivity contribution is -0.384. The molecule has 20 heavy (non-hydrogen) atoms. The van der Waals surface area contributed by atoms with Crippen LogP contribution in [0, 0.1) is 10.1 Å². The summed E-state index contributed by atoms with van der Waals surface area (Å²) in [4.78, 5) is 16.5. The summed E-state index contributed by atoms with van der Waals surface area (Å²) in [6.07, 6.45) is 0.902. The molecule has 0 unspecified atom stereocenters. The van der Waals surface area contributed by atoms with Crippen LogP contribution < -0.4 is 4.74 Å². The van der Waals surface area contributed by atoms with Gasteiger partial charge in [-0.25, -0.2) is 0 Å². The number of benzene rings is 1. The Labute approximate surface area is 116 Å². The molecular formula is C14H17N3O3. The van der Waals surface area contributed by atoms with E-state index in [-0.39, 0.29) is 16.7 Å². The first-order chi connectivity index (χ1) is 9.54. The normalized spacial score (nSPS) is 19.1. The monoisotopic (exact) mass is 275 g/mol. The standard InChI is InChI=1S/C14H17N3O3/c1-8-12-10(6-7-16(8)2)9-4-5-11(20-3)14(17(18)19)13(9)15-12/h4-5,8,15H,6-7H2,1-3H3/t8-/m0/s1. The van der Waals surface area contributed by atoms with Gasteiger partial charge in [0.05, 0.1) is 12.0 Å². The summed E-state index contributed by atoms with van der Waals surface area (Å²) >= 11 is 0. The van der Waals surface area contributed by atoms with Gasteiger partial charge >= 0.3 is 5.69 Å². The second kappa shape index (κ2) is 4.49. The van der Waals surface area contributed by atoms with Gasteiger partial charge in [0.2, 0.25) is 0 Å². The highest BCUT2D eigenvalue weighted by Gasteiger charge is 2.29. The van der Waals surface area contributed by atoms with Gasteiger partial charge in [-0.3, -0.25) is 15.0 Å². The lowest BCUT2D eigenvalue weighted by atomic mass is 9.98. The van der Waals surface area contributed by atoms with E-state index in [1.54, 1.807) is 6.07 Å². The second-order valence-electron chi connectivity index (χ2n) is 5.22. The fourth-order valence-corrected chi connectivity index (χ4v) is 2.98. The zero-order valence-corrected chi connectivity index (χ0v) is 11.8. The molecule has 0 aliphatic carbocycles. The molecule has 2 heterocycles. The molecule has 2 aromatic rings. The van der Waals surface area contributed by atoms with E-state index in [9.17, 15) is 10.1 Å². The summed E-state index contributed by atoms with van der Waals surface area (Å²) in [7, 11) is 3.52. The minimum absolute atomic E-state index is 0.0225. The van der Waals surface area contributed by atoms with Gasteiger partial charge in [0, 0.05) is 23.7 Å². The quantitative estimate of drug-likeness (QED) is 0.675. The Morgan fingerprint density at radius 3 is 2.90 bits per heavy atom. The van der Waals surface area contributed by atoms with E-state index in [0.29, 0.717) is 11.3 Å². The summed E-state index contributed by atoms with van der Waals surface area (Å²) in [6.45, 7) is 3.07. The Kier molecular flexibility index (Phi) is 2.90. The van der Waals surface area contributed by atoms with Crippen LogP contribution in [0.15, 0.2) is 12.1 Å². The molecule has 0 spiro atoms. The van der Waals surface area contributed by atoms with Crippen molar-refractivity contribution >= 4 is 16.6 Å². The van der Waals surface area contributed by atoms with Gasteiger partial charge in [-0.1, -0.05) is 0 Å². The number of H-pyrrole nitrogens is 1. The van der Waals surface area contributed by atoms with Gasteiger partial charge in [-0.05, 0) is 38.1 Å². The number of methoxy groups -OCH3 is 1. The molecular weight excluding hydrogens is 258 g/mol. The number of rotatable bonds is 2. The number of nitrogens with one attached hydrogen (secondary N) is 1. The first kappa shape index (κ1) is 12.9. The van der Waals surface area contributed by atoms with Crippen LogP contribution in [0.2, 0.25) is 0 Å². The third kappa shape index (κ3) is 1.68. The van der Waals surface area contributed by atoms with Crippen LogP contribution in [0.3, 0.4) is 0 Å². The van der Waals surface area contributed by atoms with Crippen LogP contribution in [0.5, 0.6) is 5.75 Å². The predicted molar refractivity (Wildman–Crippen MR) is 76.3 cm³/mol. The predicted octanol–water partition coefficient (Wildman–Crippen LogP) is 2.63. The minimum atomic E-state index is -0.377. The zero-order valence-electron chi connectivity index (χ0n) is 11.8. The molecule has 1 aromatic carbocycles. The van der Waals surface area contributed by atoms with E-state index in [2.05, 4.69) is 23.9 Å². The Morgan fingerprint density at radius 1 is 1.50 bits per heavy atom. The molecule has 0 saturated carbocycles. The van der Waals surface area contributed by atoms with Gasteiger partial charge in [-0.2, -0.15) is 0 Å². The molecule has 106 valence electrons. The molecule has 1 aromatic heterocycles. The van der Waals surface area contributed by atoms with Crippen molar-refractivity contribution < 1.29 is 9.66 Å². The molecule has 3 rings (SSSR count). The van der Waals surface area contributed by atoms with Crippen LogP contribution in [0.4, 0.5) is 5.69 Å². The van der Waals surface area contributed by atoms with Crippen molar-refractivity contribution in [2.75, 3.05) is 20.7 Å². The van der Waals surface area contributed by atoms with Crippen molar-refractivity contribution in [1.29, 1.82) is 0 Å². The number of nitrogens with zero attached hydrogens (tertiary/aromatic N) is 2. The molecule has 0 radical (unpaired) electrons. The molecule has 0 amide bonds. The largest absolute Gasteiger partial charge is 0.490 e. The highest BCUT2D eigenvalue weighted by atomic mass is 16.6. The zero-order chi connectivity index (χ0) is 14.4. The Bertz CT molecular complexity index is 693. The Morgan fingerprint density at radius 2 is 2.25 bits per heavy atom. The lowest BCUT2D eigenvalue weighted by Crippen LogP contribution is -2.30. The van der Waals surface area contributed by atoms with E-state index in [0.717, 1.165) is 24.0 Å². The van der Waals surface area contributed by atoms with E-state index in [4.69, 9.17) is 4.74 Å². The van der Waals surface area contributed by atoms with Gasteiger partial charge in [0.25, 0.3) is 0 Å². The number of nitro groups is 1. The van der Waals surface area contributed by atoms with Crippen molar-refractivity contribution in [3.63, 3.8) is 0 Å². The van der Waals surface area contributed by atoms with Crippen molar-refractivity contribution in [3.05, 3.63) is 33.5 Å². The molecule has 6 heteroatoms. The molecule has 0 bridgehead atoms. The van der Waals surface area contributed by atoms with Gasteiger partial charge < -0.3 is 9.72 Å². The molecule has 0 saturated heterocycles. The maximum absolute atomic E-state index is 11.3. The maximum atomic E-state index is 11.3. The molecule has 1 atom stereocenters. The number of aromatic amines is 1. The molecule has 0 fully saturated rings. The molecule has 6 nitrogen and oxygen atoms in total. The number of hydrogen-bond acceptors (Lipinski definition) is 4. The fourth-order valence-electron chi connectivity index (χ4n) is 2.98. The summed E-state index contributed by atoms with van der Waals surface area (Å²) in [5, 5.41) is 12.3. The smallest absolute Gasteiger partial charge is 0.334 e. The van der Waals surface area contributed by atoms with Crippen LogP contribution in [-0.4, -0.2) is 35.5 Å². The highest BCUT2D eigenvalue weighted by molar-refractivity contribution is 5.94. The van der Waals surface area contributed by atoms with Crippen molar-refractivity contribution in [2.24, 2.45) is 0 Å². The fraction of sp³-hybridized carbons (Fsp3) is 0.429. The Balaban J connectivity index is 2.32. The lowest BCUT2D eigenvalue weighted by Gasteiger charge is -2.29. The van der Waals surface area contributed by atoms with E-state index in [1.165, 1.54) is 12.7 Å². The maximum Gasteiger partial charge on any atom is 0.334 e. The van der Waals surface area contributed by atoms with Gasteiger partial charge in [0.1, 0.15) is 5.52 Å². The molecule has 1 aliphatic heterocycles. The van der Waals surface area contributed by atoms with Crippen molar-refractivity contribution in [1.82, 2.24) is 9.88 Å². The van der Waals surface area contributed by atoms with Crippen LogP contribution in [-0.2, 0) is 6.42 Å². The summed E-state index contributed by atoms with van der Waals surface area (Å²) in [5.41, 5.74) is 2.86. The van der Waals surface area contributed by atoms with Crippen LogP contribution in [0.1, 0.15) is 24.2 Å².